The van der Waals surface area contributed by atoms with Crippen molar-refractivity contribution in [3.8, 4) is 5.75 Å². The maximum absolute atomic E-state index is 11.9. The first-order chi connectivity index (χ1) is 9.15. The van der Waals surface area contributed by atoms with E-state index in [1.807, 2.05) is 29.2 Å². The molecular weight excluding hydrogens is 308 g/mol. The van der Waals surface area contributed by atoms with Crippen molar-refractivity contribution in [1.82, 2.24) is 4.90 Å². The third-order valence-corrected chi connectivity index (χ3v) is 3.72. The summed E-state index contributed by atoms with van der Waals surface area (Å²) < 4.78 is 6.61. The molecule has 1 heterocycles. The van der Waals surface area contributed by atoms with Crippen molar-refractivity contribution in [2.24, 2.45) is 5.73 Å². The lowest BCUT2D eigenvalue weighted by Gasteiger charge is -2.15. The Bertz CT molecular complexity index is 422. The van der Waals surface area contributed by atoms with Crippen LogP contribution in [0.3, 0.4) is 0 Å². The van der Waals surface area contributed by atoms with Crippen molar-refractivity contribution in [1.29, 1.82) is 0 Å². The van der Waals surface area contributed by atoms with Gasteiger partial charge >= 0.3 is 0 Å². The van der Waals surface area contributed by atoms with E-state index < -0.39 is 0 Å². The van der Waals surface area contributed by atoms with Crippen LogP contribution in [0.25, 0.3) is 0 Å². The Morgan fingerprint density at radius 1 is 1.42 bits per heavy atom. The number of hydrogen-bond donors (Lipinski definition) is 1. The summed E-state index contributed by atoms with van der Waals surface area (Å²) in [7, 11) is 0. The molecule has 2 N–H and O–H groups in total. The lowest BCUT2D eigenvalue weighted by atomic mass is 10.3. The van der Waals surface area contributed by atoms with E-state index in [1.165, 1.54) is 0 Å². The highest BCUT2D eigenvalue weighted by Gasteiger charge is 2.22. The second kappa shape index (κ2) is 6.91. The molecule has 0 saturated carbocycles. The highest BCUT2D eigenvalue weighted by molar-refractivity contribution is 9.10. The van der Waals surface area contributed by atoms with Crippen LogP contribution >= 0.6 is 15.9 Å². The Hall–Kier alpha value is -1.07. The number of nitrogens with zero attached hydrogens (tertiary/aromatic N) is 1. The zero-order chi connectivity index (χ0) is 13.7. The molecule has 0 unspecified atom stereocenters. The summed E-state index contributed by atoms with van der Waals surface area (Å²) in [5.74, 6) is 1.02. The molecule has 1 saturated heterocycles. The van der Waals surface area contributed by atoms with Crippen LogP contribution in [0.5, 0.6) is 5.75 Å². The highest BCUT2D eigenvalue weighted by Crippen LogP contribution is 2.16. The minimum Gasteiger partial charge on any atom is -0.494 e. The zero-order valence-electron chi connectivity index (χ0n) is 10.8. The van der Waals surface area contributed by atoms with Crippen molar-refractivity contribution in [3.05, 3.63) is 28.7 Å². The fourth-order valence-corrected chi connectivity index (χ4v) is 2.38. The Morgan fingerprint density at radius 2 is 2.16 bits per heavy atom. The predicted molar refractivity (Wildman–Crippen MR) is 78.0 cm³/mol. The third-order valence-electron chi connectivity index (χ3n) is 3.19. The minimum atomic E-state index is 0.156. The van der Waals surface area contributed by atoms with E-state index in [0.29, 0.717) is 19.6 Å². The van der Waals surface area contributed by atoms with Crippen LogP contribution in [-0.2, 0) is 4.79 Å². The molecule has 4 nitrogen and oxygen atoms in total. The molecule has 5 heteroatoms. The van der Waals surface area contributed by atoms with Crippen LogP contribution in [0, 0.1) is 0 Å². The lowest BCUT2D eigenvalue weighted by molar-refractivity contribution is -0.130. The average molecular weight is 327 g/mol. The van der Waals surface area contributed by atoms with E-state index in [-0.39, 0.29) is 11.9 Å². The molecule has 19 heavy (non-hydrogen) atoms. The van der Waals surface area contributed by atoms with Crippen molar-refractivity contribution in [2.45, 2.75) is 25.3 Å². The summed E-state index contributed by atoms with van der Waals surface area (Å²) in [5, 5.41) is 0. The number of halogens is 1. The number of ether oxygens (including phenoxy) is 1. The molecule has 0 bridgehead atoms. The molecule has 1 fully saturated rings. The second-order valence-electron chi connectivity index (χ2n) is 4.79. The van der Waals surface area contributed by atoms with Gasteiger partial charge < -0.3 is 15.4 Å². The average Bonchev–Trinajstić information content (AvgIpc) is 2.83. The van der Waals surface area contributed by atoms with E-state index in [2.05, 4.69) is 15.9 Å². The molecule has 1 aliphatic heterocycles. The Balaban J connectivity index is 1.64. The quantitative estimate of drug-likeness (QED) is 0.844. The molecule has 2 rings (SSSR count). The van der Waals surface area contributed by atoms with Gasteiger partial charge in [-0.2, -0.15) is 0 Å². The molecule has 0 aromatic heterocycles. The van der Waals surface area contributed by atoms with E-state index in [1.54, 1.807) is 0 Å². The van der Waals surface area contributed by atoms with Gasteiger partial charge in [-0.25, -0.2) is 0 Å². The Labute approximate surface area is 122 Å². The van der Waals surface area contributed by atoms with Gasteiger partial charge in [0, 0.05) is 30.0 Å². The summed E-state index contributed by atoms with van der Waals surface area (Å²) in [6.45, 7) is 2.06. The number of hydrogen-bond acceptors (Lipinski definition) is 3. The topological polar surface area (TPSA) is 55.6 Å². The second-order valence-corrected chi connectivity index (χ2v) is 5.71. The number of carbonyl (C=O) groups is 1. The summed E-state index contributed by atoms with van der Waals surface area (Å²) in [5.41, 5.74) is 5.78. The largest absolute Gasteiger partial charge is 0.494 e. The van der Waals surface area contributed by atoms with E-state index in [0.717, 1.165) is 29.6 Å². The van der Waals surface area contributed by atoms with E-state index in [4.69, 9.17) is 10.5 Å². The number of carbonyl (C=O) groups excluding carboxylic acids is 1. The van der Waals surface area contributed by atoms with Crippen molar-refractivity contribution >= 4 is 21.8 Å². The van der Waals surface area contributed by atoms with Crippen LogP contribution in [-0.4, -0.2) is 36.5 Å². The fraction of sp³-hybridized carbons (Fsp3) is 0.500. The van der Waals surface area contributed by atoms with Crippen molar-refractivity contribution in [3.63, 3.8) is 0 Å². The maximum Gasteiger partial charge on any atom is 0.222 e. The monoisotopic (exact) mass is 326 g/mol. The van der Waals surface area contributed by atoms with Gasteiger partial charge in [0.2, 0.25) is 5.91 Å². The van der Waals surface area contributed by atoms with Gasteiger partial charge in [0.25, 0.3) is 0 Å². The number of rotatable bonds is 5. The van der Waals surface area contributed by atoms with Crippen LogP contribution in [0.4, 0.5) is 0 Å². The predicted octanol–water partition coefficient (Wildman–Crippen LogP) is 2.17. The van der Waals surface area contributed by atoms with Gasteiger partial charge in [-0.15, -0.1) is 0 Å². The van der Waals surface area contributed by atoms with Gasteiger partial charge in [0.05, 0.1) is 6.61 Å². The van der Waals surface area contributed by atoms with Crippen molar-refractivity contribution in [2.75, 3.05) is 19.7 Å². The zero-order valence-corrected chi connectivity index (χ0v) is 12.4. The maximum atomic E-state index is 11.9. The summed E-state index contributed by atoms with van der Waals surface area (Å²) in [6, 6.07) is 7.85. The first kappa shape index (κ1) is 14.3. The molecule has 104 valence electrons. The number of amides is 1. The molecule has 0 radical (unpaired) electrons. The first-order valence-corrected chi connectivity index (χ1v) is 7.36. The number of benzene rings is 1. The molecule has 0 spiro atoms. The normalized spacial score (nSPS) is 18.6. The standard InChI is InChI=1S/C14H19BrN2O2/c15-11-3-5-13(6-4-11)19-9-1-2-14(18)17-8-7-12(16)10-17/h3-6,12H,1-2,7-10,16H2/t12-/m0/s1. The molecule has 1 aliphatic rings. The van der Waals surface area contributed by atoms with Crippen LogP contribution in [0.2, 0.25) is 0 Å². The summed E-state index contributed by atoms with van der Waals surface area (Å²) >= 11 is 3.37. The Morgan fingerprint density at radius 3 is 2.79 bits per heavy atom. The third kappa shape index (κ3) is 4.51. The SMILES string of the molecule is N[C@H]1CCN(C(=O)CCCOc2ccc(Br)cc2)C1. The molecular formula is C14H19BrN2O2. The molecule has 1 aromatic carbocycles. The van der Waals surface area contributed by atoms with Crippen LogP contribution in [0.1, 0.15) is 19.3 Å². The first-order valence-electron chi connectivity index (χ1n) is 6.57. The number of likely N-dealkylation sites (tertiary alicyclic amines) is 1. The fourth-order valence-electron chi connectivity index (χ4n) is 2.12. The summed E-state index contributed by atoms with van der Waals surface area (Å²) in [6.07, 6.45) is 2.19. The van der Waals surface area contributed by atoms with Gasteiger partial charge in [-0.1, -0.05) is 15.9 Å². The lowest BCUT2D eigenvalue weighted by Crippen LogP contribution is -2.31. The van der Waals surface area contributed by atoms with Crippen molar-refractivity contribution < 1.29 is 9.53 Å². The van der Waals surface area contributed by atoms with Gasteiger partial charge in [-0.3, -0.25) is 4.79 Å². The smallest absolute Gasteiger partial charge is 0.222 e. The van der Waals surface area contributed by atoms with E-state index >= 15 is 0 Å². The Kier molecular flexibility index (Phi) is 5.22. The minimum absolute atomic E-state index is 0.156. The molecule has 0 aliphatic carbocycles. The molecule has 1 aromatic rings. The molecule has 1 atom stereocenters. The highest BCUT2D eigenvalue weighted by atomic mass is 79.9. The van der Waals surface area contributed by atoms with Gasteiger partial charge in [0.1, 0.15) is 5.75 Å². The van der Waals surface area contributed by atoms with Crippen LogP contribution < -0.4 is 10.5 Å². The van der Waals surface area contributed by atoms with Crippen LogP contribution in [0.15, 0.2) is 28.7 Å². The summed E-state index contributed by atoms with van der Waals surface area (Å²) in [4.78, 5) is 13.7. The van der Waals surface area contributed by atoms with E-state index in [9.17, 15) is 4.79 Å². The van der Waals surface area contributed by atoms with Gasteiger partial charge in [0.15, 0.2) is 0 Å². The van der Waals surface area contributed by atoms with Gasteiger partial charge in [-0.05, 0) is 37.1 Å². The molecule has 1 amide bonds. The number of nitrogens with two attached hydrogens (primary N) is 1.